The number of thiocarbonyl (C=S) groups is 1. The molecule has 0 saturated carbocycles. The van der Waals surface area contributed by atoms with Gasteiger partial charge in [-0.2, -0.15) is 0 Å². The average Bonchev–Trinajstić information content (AvgIpc) is 2.12. The van der Waals surface area contributed by atoms with Gasteiger partial charge in [0.05, 0.1) is 0 Å². The van der Waals surface area contributed by atoms with Gasteiger partial charge in [0, 0.05) is 0 Å². The van der Waals surface area contributed by atoms with Crippen molar-refractivity contribution in [1.29, 1.82) is 0 Å². The quantitative estimate of drug-likeness (QED) is 0.662. The van der Waals surface area contributed by atoms with Gasteiger partial charge in [0.25, 0.3) is 0 Å². The number of hydrogen-bond donors (Lipinski definition) is 0. The average molecular weight is 262 g/mol. The van der Waals surface area contributed by atoms with E-state index in [4.69, 9.17) is 17.0 Å². The Kier molecular flexibility index (Phi) is 6.95. The predicted molar refractivity (Wildman–Crippen MR) is 79.1 cm³/mol. The van der Waals surface area contributed by atoms with Crippen molar-refractivity contribution in [3.63, 3.8) is 0 Å². The third-order valence-corrected chi connectivity index (χ3v) is 4.27. The summed E-state index contributed by atoms with van der Waals surface area (Å²) in [5, 5.41) is 0. The van der Waals surface area contributed by atoms with Crippen molar-refractivity contribution in [3.05, 3.63) is 0 Å². The summed E-state index contributed by atoms with van der Waals surface area (Å²) in [6.07, 6.45) is 0. The fourth-order valence-corrected chi connectivity index (χ4v) is 3.58. The van der Waals surface area contributed by atoms with Crippen molar-refractivity contribution in [3.8, 4) is 0 Å². The van der Waals surface area contributed by atoms with Crippen molar-refractivity contribution in [1.82, 2.24) is 0 Å². The molecular formula is C13H26OS2. The van der Waals surface area contributed by atoms with Gasteiger partial charge in [-0.05, 0) is 35.7 Å². The van der Waals surface area contributed by atoms with Crippen LogP contribution in [0.15, 0.2) is 0 Å². The second kappa shape index (κ2) is 6.85. The van der Waals surface area contributed by atoms with E-state index in [1.165, 1.54) is 0 Å². The van der Waals surface area contributed by atoms with E-state index in [0.29, 0.717) is 22.1 Å². The maximum atomic E-state index is 6.16. The zero-order chi connectivity index (χ0) is 12.9. The summed E-state index contributed by atoms with van der Waals surface area (Å²) in [6, 6.07) is 0. The highest BCUT2D eigenvalue weighted by Crippen LogP contribution is 2.38. The van der Waals surface area contributed by atoms with Crippen LogP contribution >= 0.6 is 24.0 Å². The molecule has 0 spiro atoms. The lowest BCUT2D eigenvalue weighted by atomic mass is 9.72. The molecule has 0 radical (unpaired) electrons. The Balaban J connectivity index is 4.98. The summed E-state index contributed by atoms with van der Waals surface area (Å²) in [7, 11) is 0. The molecule has 0 N–H and O–H groups in total. The first-order chi connectivity index (χ1) is 7.28. The summed E-state index contributed by atoms with van der Waals surface area (Å²) in [6.45, 7) is 15.4. The first-order valence-corrected chi connectivity index (χ1v) is 7.54. The number of rotatable bonds is 5. The molecule has 0 rings (SSSR count). The van der Waals surface area contributed by atoms with Crippen LogP contribution in [-0.2, 0) is 4.74 Å². The Hall–Kier alpha value is 0.240. The Bertz CT molecular complexity index is 200. The topological polar surface area (TPSA) is 9.23 Å². The molecule has 16 heavy (non-hydrogen) atoms. The summed E-state index contributed by atoms with van der Waals surface area (Å²) in [4.78, 5) is 0. The molecule has 96 valence electrons. The monoisotopic (exact) mass is 262 g/mol. The molecule has 1 nitrogen and oxygen atoms in total. The molecule has 3 heteroatoms. The Morgan fingerprint density at radius 1 is 1.06 bits per heavy atom. The van der Waals surface area contributed by atoms with E-state index in [2.05, 4.69) is 48.5 Å². The molecule has 0 aromatic rings. The van der Waals surface area contributed by atoms with Gasteiger partial charge in [0.1, 0.15) is 5.60 Å². The molecule has 0 aromatic heterocycles. The summed E-state index contributed by atoms with van der Waals surface area (Å²) < 4.78 is 6.85. The molecule has 0 aromatic carbocycles. The van der Waals surface area contributed by atoms with Gasteiger partial charge in [-0.25, -0.2) is 0 Å². The maximum absolute atomic E-state index is 6.16. The summed E-state index contributed by atoms with van der Waals surface area (Å²) in [5.41, 5.74) is -0.140. The molecule has 0 atom stereocenters. The smallest absolute Gasteiger partial charge is 0.220 e. The van der Waals surface area contributed by atoms with E-state index in [0.717, 1.165) is 5.75 Å². The van der Waals surface area contributed by atoms with Crippen molar-refractivity contribution < 1.29 is 4.74 Å². The van der Waals surface area contributed by atoms with E-state index in [1.807, 2.05) is 0 Å². The van der Waals surface area contributed by atoms with Gasteiger partial charge in [-0.1, -0.05) is 60.2 Å². The normalized spacial score (nSPS) is 12.6. The zero-order valence-electron chi connectivity index (χ0n) is 11.7. The van der Waals surface area contributed by atoms with Crippen LogP contribution in [0.2, 0.25) is 0 Å². The molecular weight excluding hydrogens is 236 g/mol. The Morgan fingerprint density at radius 2 is 1.44 bits per heavy atom. The van der Waals surface area contributed by atoms with Crippen LogP contribution in [0, 0.1) is 17.8 Å². The highest BCUT2D eigenvalue weighted by molar-refractivity contribution is 8.22. The first kappa shape index (κ1) is 16.2. The van der Waals surface area contributed by atoms with E-state index >= 15 is 0 Å². The fraction of sp³-hybridized carbons (Fsp3) is 0.923. The summed E-state index contributed by atoms with van der Waals surface area (Å²) in [5.74, 6) is 2.36. The van der Waals surface area contributed by atoms with Crippen LogP contribution in [-0.4, -0.2) is 15.7 Å². The first-order valence-electron chi connectivity index (χ1n) is 6.14. The van der Waals surface area contributed by atoms with Gasteiger partial charge >= 0.3 is 0 Å². The predicted octanol–water partition coefficient (Wildman–Crippen LogP) is 4.75. The standard InChI is InChI=1S/C13H26OS2/c1-8-16-12(15)14-13(9(2)3,10(4)5)11(6)7/h9-11H,8H2,1-7H3. The SMILES string of the molecule is CCSC(=S)OC(C(C)C)(C(C)C)C(C)C. The largest absolute Gasteiger partial charge is 0.471 e. The molecule has 0 aliphatic carbocycles. The molecule has 0 aliphatic heterocycles. The minimum Gasteiger partial charge on any atom is -0.471 e. The molecule has 0 fully saturated rings. The number of ether oxygens (including phenoxy) is 1. The number of thioether (sulfide) groups is 1. The number of hydrogen-bond acceptors (Lipinski definition) is 3. The minimum atomic E-state index is -0.140. The van der Waals surface area contributed by atoms with Crippen LogP contribution in [0.5, 0.6) is 0 Å². The van der Waals surface area contributed by atoms with Gasteiger partial charge in [0.15, 0.2) is 0 Å². The Morgan fingerprint density at radius 3 is 1.69 bits per heavy atom. The van der Waals surface area contributed by atoms with Crippen molar-refractivity contribution >= 4 is 28.4 Å². The van der Waals surface area contributed by atoms with Crippen LogP contribution in [0.25, 0.3) is 0 Å². The fourth-order valence-electron chi connectivity index (χ4n) is 2.65. The van der Waals surface area contributed by atoms with Gasteiger partial charge in [-0.3, -0.25) is 0 Å². The second-order valence-corrected chi connectivity index (χ2v) is 6.97. The van der Waals surface area contributed by atoms with Crippen LogP contribution in [0.1, 0.15) is 48.5 Å². The lowest BCUT2D eigenvalue weighted by Gasteiger charge is -2.44. The second-order valence-electron chi connectivity index (χ2n) is 5.10. The van der Waals surface area contributed by atoms with Gasteiger partial charge in [-0.15, -0.1) is 0 Å². The van der Waals surface area contributed by atoms with Crippen LogP contribution in [0.3, 0.4) is 0 Å². The lowest BCUT2D eigenvalue weighted by molar-refractivity contribution is -0.0660. The Labute approximate surface area is 111 Å². The van der Waals surface area contributed by atoms with Gasteiger partial charge < -0.3 is 4.74 Å². The van der Waals surface area contributed by atoms with Gasteiger partial charge in [0.2, 0.25) is 4.38 Å². The molecule has 0 bridgehead atoms. The molecule has 0 amide bonds. The minimum absolute atomic E-state index is 0.140. The van der Waals surface area contributed by atoms with Crippen molar-refractivity contribution in [2.45, 2.75) is 54.1 Å². The van der Waals surface area contributed by atoms with E-state index in [9.17, 15) is 0 Å². The van der Waals surface area contributed by atoms with Crippen LogP contribution < -0.4 is 0 Å². The highest BCUT2D eigenvalue weighted by Gasteiger charge is 2.43. The molecule has 0 saturated heterocycles. The maximum Gasteiger partial charge on any atom is 0.220 e. The van der Waals surface area contributed by atoms with E-state index in [-0.39, 0.29) is 5.60 Å². The highest BCUT2D eigenvalue weighted by atomic mass is 32.2. The third kappa shape index (κ3) is 3.63. The zero-order valence-corrected chi connectivity index (χ0v) is 13.3. The molecule has 0 heterocycles. The third-order valence-electron chi connectivity index (χ3n) is 3.23. The van der Waals surface area contributed by atoms with E-state index in [1.54, 1.807) is 11.8 Å². The van der Waals surface area contributed by atoms with Crippen molar-refractivity contribution in [2.24, 2.45) is 17.8 Å². The van der Waals surface area contributed by atoms with Crippen LogP contribution in [0.4, 0.5) is 0 Å². The van der Waals surface area contributed by atoms with Crippen molar-refractivity contribution in [2.75, 3.05) is 5.75 Å². The summed E-state index contributed by atoms with van der Waals surface area (Å²) >= 11 is 6.92. The lowest BCUT2D eigenvalue weighted by Crippen LogP contribution is -2.49. The molecule has 0 aliphatic rings. The molecule has 0 unspecified atom stereocenters. The van der Waals surface area contributed by atoms with E-state index < -0.39 is 0 Å².